The second kappa shape index (κ2) is 9.67. The molecule has 1 aliphatic heterocycles. The Morgan fingerprint density at radius 2 is 1.97 bits per heavy atom. The molecule has 0 spiro atoms. The number of nitriles is 1. The molecule has 2 heterocycles. The molecule has 0 aliphatic carbocycles. The van der Waals surface area contributed by atoms with E-state index in [4.69, 9.17) is 15.2 Å². The number of hydrogen-bond donors (Lipinski definition) is 3. The third-order valence-electron chi connectivity index (χ3n) is 3.78. The fraction of sp³-hybridized carbons (Fsp3) is 0.500. The molecule has 10 nitrogen and oxygen atoms in total. The summed E-state index contributed by atoms with van der Waals surface area (Å²) in [6.45, 7) is 3.93. The summed E-state index contributed by atoms with van der Waals surface area (Å²) in [5.41, 5.74) is 0. The number of nitrogens with one attached hydrogen (secondary N) is 1. The summed E-state index contributed by atoms with van der Waals surface area (Å²) in [7, 11) is 0. The van der Waals surface area contributed by atoms with Gasteiger partial charge in [-0.2, -0.15) is 18.4 Å². The third-order valence-corrected chi connectivity index (χ3v) is 3.78. The van der Waals surface area contributed by atoms with Crippen LogP contribution in [0.4, 0.5) is 19.0 Å². The summed E-state index contributed by atoms with van der Waals surface area (Å²) in [4.78, 5) is 41.8. The van der Waals surface area contributed by atoms with Gasteiger partial charge >= 0.3 is 18.1 Å². The molecule has 2 rings (SSSR count). The molecule has 158 valence electrons. The quantitative estimate of drug-likeness (QED) is 0.638. The molecule has 1 saturated heterocycles. The average molecular weight is 417 g/mol. The number of carbonyl (C=O) groups is 3. The molecule has 29 heavy (non-hydrogen) atoms. The maximum absolute atomic E-state index is 12.4. The average Bonchev–Trinajstić information content (AvgIpc) is 2.95. The van der Waals surface area contributed by atoms with Gasteiger partial charge in [0.2, 0.25) is 11.7 Å². The Balaban J connectivity index is 0.000000516. The highest BCUT2D eigenvalue weighted by atomic mass is 19.4. The van der Waals surface area contributed by atoms with Crippen LogP contribution in [0.5, 0.6) is 0 Å². The number of nitrogens with zero attached hydrogens (tertiary/aromatic N) is 4. The van der Waals surface area contributed by atoms with Crippen molar-refractivity contribution in [3.05, 3.63) is 18.1 Å². The summed E-state index contributed by atoms with van der Waals surface area (Å²) in [6, 6.07) is 2.01. The minimum Gasteiger partial charge on any atom is -0.480 e. The van der Waals surface area contributed by atoms with Crippen molar-refractivity contribution in [1.82, 2.24) is 14.9 Å². The van der Waals surface area contributed by atoms with Crippen LogP contribution < -0.4 is 5.32 Å². The molecule has 3 N–H and O–H groups in total. The molecule has 0 saturated carbocycles. The number of rotatable bonds is 5. The van der Waals surface area contributed by atoms with Crippen molar-refractivity contribution in [3.8, 4) is 6.07 Å². The number of hydrogen-bond acceptors (Lipinski definition) is 7. The number of likely N-dealkylation sites (tertiary alicyclic amines) is 1. The molecule has 13 heteroatoms. The van der Waals surface area contributed by atoms with Crippen molar-refractivity contribution in [1.29, 1.82) is 5.26 Å². The van der Waals surface area contributed by atoms with Crippen molar-refractivity contribution >= 4 is 23.7 Å². The molecule has 1 amide bonds. The summed E-state index contributed by atoms with van der Waals surface area (Å²) in [5.74, 6) is -3.81. The van der Waals surface area contributed by atoms with E-state index in [0.717, 1.165) is 0 Å². The van der Waals surface area contributed by atoms with Crippen LogP contribution in [0.2, 0.25) is 0 Å². The van der Waals surface area contributed by atoms with Crippen molar-refractivity contribution in [3.63, 3.8) is 0 Å². The monoisotopic (exact) mass is 417 g/mol. The first-order valence-corrected chi connectivity index (χ1v) is 8.21. The Labute approximate surface area is 163 Å². The van der Waals surface area contributed by atoms with E-state index in [-0.39, 0.29) is 17.6 Å². The lowest BCUT2D eigenvalue weighted by molar-refractivity contribution is -0.192. The minimum absolute atomic E-state index is 0.0119. The second-order valence-electron chi connectivity index (χ2n) is 6.22. The van der Waals surface area contributed by atoms with Gasteiger partial charge in [0.15, 0.2) is 0 Å². The van der Waals surface area contributed by atoms with Crippen LogP contribution in [0.25, 0.3) is 0 Å². The van der Waals surface area contributed by atoms with Gasteiger partial charge in [0, 0.05) is 12.7 Å². The standard InChI is InChI=1S/C14H17N5O3.C2HF3O2/c1-8(2)12(14(21)22)19-6-4-9(13(19)20)17-10-3-5-16-11(7-15)18-10;3-2(4,5)1(6)7/h3,5,8-9,12H,4,6H2,1-2H3,(H,21,22)(H,16,17,18);(H,6,7). The summed E-state index contributed by atoms with van der Waals surface area (Å²) in [6.07, 6.45) is -3.17. The van der Waals surface area contributed by atoms with Gasteiger partial charge in [-0.3, -0.25) is 4.79 Å². The molecule has 2 unspecified atom stereocenters. The zero-order chi connectivity index (χ0) is 22.4. The lowest BCUT2D eigenvalue weighted by Gasteiger charge is -2.27. The summed E-state index contributed by atoms with van der Waals surface area (Å²) < 4.78 is 31.7. The second-order valence-corrected chi connectivity index (χ2v) is 6.22. The van der Waals surface area contributed by atoms with Crippen LogP contribution in [0, 0.1) is 17.2 Å². The van der Waals surface area contributed by atoms with E-state index < -0.39 is 30.2 Å². The van der Waals surface area contributed by atoms with Crippen LogP contribution in [0.15, 0.2) is 12.3 Å². The molecular formula is C16H18F3N5O5. The number of aromatic nitrogens is 2. The predicted molar refractivity (Wildman–Crippen MR) is 90.4 cm³/mol. The van der Waals surface area contributed by atoms with Crippen molar-refractivity contribution in [2.24, 2.45) is 5.92 Å². The fourth-order valence-electron chi connectivity index (χ4n) is 2.56. The zero-order valence-electron chi connectivity index (χ0n) is 15.3. The van der Waals surface area contributed by atoms with Crippen molar-refractivity contribution in [2.45, 2.75) is 38.5 Å². The molecule has 1 aliphatic rings. The number of carbonyl (C=O) groups excluding carboxylic acids is 1. The maximum Gasteiger partial charge on any atom is 0.490 e. The van der Waals surface area contributed by atoms with Gasteiger partial charge in [-0.1, -0.05) is 13.8 Å². The van der Waals surface area contributed by atoms with E-state index in [2.05, 4.69) is 15.3 Å². The fourth-order valence-corrected chi connectivity index (χ4v) is 2.56. The van der Waals surface area contributed by atoms with E-state index >= 15 is 0 Å². The highest BCUT2D eigenvalue weighted by Crippen LogP contribution is 2.22. The van der Waals surface area contributed by atoms with Gasteiger partial charge in [0.25, 0.3) is 0 Å². The molecule has 1 fully saturated rings. The van der Waals surface area contributed by atoms with Gasteiger partial charge in [-0.25, -0.2) is 19.6 Å². The van der Waals surface area contributed by atoms with Gasteiger partial charge < -0.3 is 20.4 Å². The Morgan fingerprint density at radius 3 is 2.41 bits per heavy atom. The van der Waals surface area contributed by atoms with Crippen LogP contribution in [-0.2, 0) is 14.4 Å². The van der Waals surface area contributed by atoms with E-state index in [0.29, 0.717) is 18.8 Å². The number of halogens is 3. The first-order valence-electron chi connectivity index (χ1n) is 8.21. The third kappa shape index (κ3) is 6.59. The Kier molecular flexibility index (Phi) is 7.87. The number of anilines is 1. The zero-order valence-corrected chi connectivity index (χ0v) is 15.3. The Bertz CT molecular complexity index is 809. The van der Waals surface area contributed by atoms with E-state index in [1.807, 2.05) is 6.07 Å². The number of carboxylic acids is 2. The number of carboxylic acid groups (broad SMARTS) is 2. The van der Waals surface area contributed by atoms with Crippen LogP contribution in [0.1, 0.15) is 26.1 Å². The number of amides is 1. The summed E-state index contributed by atoms with van der Waals surface area (Å²) in [5, 5.41) is 28.1. The van der Waals surface area contributed by atoms with Gasteiger partial charge in [0.05, 0.1) is 0 Å². The molecule has 1 aromatic heterocycles. The van der Waals surface area contributed by atoms with Crippen LogP contribution in [-0.4, -0.2) is 67.7 Å². The van der Waals surface area contributed by atoms with Crippen molar-refractivity contribution in [2.75, 3.05) is 11.9 Å². The number of aliphatic carboxylic acids is 2. The maximum atomic E-state index is 12.4. The van der Waals surface area contributed by atoms with Gasteiger partial charge in [-0.15, -0.1) is 0 Å². The normalized spacial score (nSPS) is 17.2. The van der Waals surface area contributed by atoms with E-state index in [9.17, 15) is 27.9 Å². The largest absolute Gasteiger partial charge is 0.490 e. The minimum atomic E-state index is -5.08. The molecule has 2 atom stereocenters. The predicted octanol–water partition coefficient (Wildman–Crippen LogP) is 1.10. The Hall–Kier alpha value is -3.43. The SMILES string of the molecule is CC(C)C(C(=O)O)N1CCC(Nc2ccnc(C#N)n2)C1=O.O=C(O)C(F)(F)F. The van der Waals surface area contributed by atoms with Crippen molar-refractivity contribution < 1.29 is 37.8 Å². The smallest absolute Gasteiger partial charge is 0.480 e. The number of alkyl halides is 3. The van der Waals surface area contributed by atoms with Gasteiger partial charge in [-0.05, 0) is 18.4 Å². The highest BCUT2D eigenvalue weighted by molar-refractivity contribution is 5.90. The van der Waals surface area contributed by atoms with Gasteiger partial charge in [0.1, 0.15) is 24.0 Å². The summed E-state index contributed by atoms with van der Waals surface area (Å²) >= 11 is 0. The molecular weight excluding hydrogens is 399 g/mol. The molecule has 1 aromatic rings. The van der Waals surface area contributed by atoms with Crippen LogP contribution in [0.3, 0.4) is 0 Å². The highest BCUT2D eigenvalue weighted by Gasteiger charge is 2.40. The Morgan fingerprint density at radius 1 is 1.38 bits per heavy atom. The van der Waals surface area contributed by atoms with E-state index in [1.54, 1.807) is 19.9 Å². The molecule has 0 radical (unpaired) electrons. The lowest BCUT2D eigenvalue weighted by atomic mass is 10.0. The first kappa shape index (κ1) is 23.6. The van der Waals surface area contributed by atoms with Crippen LogP contribution >= 0.6 is 0 Å². The molecule has 0 bridgehead atoms. The van der Waals surface area contributed by atoms with E-state index in [1.165, 1.54) is 11.1 Å². The topological polar surface area (TPSA) is 157 Å². The molecule has 0 aromatic carbocycles. The first-order chi connectivity index (χ1) is 13.4. The lowest BCUT2D eigenvalue weighted by Crippen LogP contribution is -2.47.